The van der Waals surface area contributed by atoms with Gasteiger partial charge in [0.2, 0.25) is 0 Å². The third kappa shape index (κ3) is 4.50. The van der Waals surface area contributed by atoms with Crippen LogP contribution in [0.3, 0.4) is 0 Å². The van der Waals surface area contributed by atoms with Crippen molar-refractivity contribution in [3.63, 3.8) is 0 Å². The molecule has 12 aromatic rings. The highest BCUT2D eigenvalue weighted by atomic mass is 15.1. The van der Waals surface area contributed by atoms with E-state index in [4.69, 9.17) is 0 Å². The summed E-state index contributed by atoms with van der Waals surface area (Å²) in [7, 11) is 0. The van der Waals surface area contributed by atoms with E-state index < -0.39 is 0 Å². The monoisotopic (exact) mass is 710 g/mol. The number of benzene rings is 11. The van der Waals surface area contributed by atoms with Crippen LogP contribution in [0.4, 0.5) is 17.1 Å². The van der Waals surface area contributed by atoms with Gasteiger partial charge in [0.1, 0.15) is 0 Å². The van der Waals surface area contributed by atoms with Crippen LogP contribution in [0.2, 0.25) is 0 Å². The van der Waals surface area contributed by atoms with Crippen molar-refractivity contribution in [3.05, 3.63) is 206 Å². The van der Waals surface area contributed by atoms with Crippen molar-refractivity contribution in [2.24, 2.45) is 0 Å². The Kier molecular flexibility index (Phi) is 6.66. The predicted octanol–water partition coefficient (Wildman–Crippen LogP) is 15.2. The number of hydrogen-bond acceptors (Lipinski definition) is 1. The normalized spacial score (nSPS) is 11.9. The summed E-state index contributed by atoms with van der Waals surface area (Å²) < 4.78 is 2.42. The fraction of sp³-hybridized carbons (Fsp3) is 0. The predicted molar refractivity (Wildman–Crippen MR) is 240 cm³/mol. The third-order valence-electron chi connectivity index (χ3n) is 11.9. The lowest BCUT2D eigenvalue weighted by molar-refractivity contribution is 1.18. The van der Waals surface area contributed by atoms with Gasteiger partial charge in [0.25, 0.3) is 0 Å². The van der Waals surface area contributed by atoms with Gasteiger partial charge in [0.15, 0.2) is 0 Å². The average Bonchev–Trinajstić information content (AvgIpc) is 3.60. The van der Waals surface area contributed by atoms with Crippen LogP contribution in [-0.4, -0.2) is 4.57 Å². The highest BCUT2D eigenvalue weighted by molar-refractivity contribution is 6.34. The zero-order valence-corrected chi connectivity index (χ0v) is 30.5. The molecule has 0 aliphatic carbocycles. The molecule has 0 spiro atoms. The molecule has 56 heavy (non-hydrogen) atoms. The van der Waals surface area contributed by atoms with Crippen LogP contribution in [-0.2, 0) is 0 Å². The standard InChI is InChI=1S/C54H34N2/c1-4-16-35(17-5-1)55(36-18-6-2-7-19-36)38-28-29-43-45(30-38)39-22-10-11-23-40(39)46-32-49-47(31-48(43)46)41-24-12-13-25-42(41)51-34-54-52(33-50(49)51)44-26-14-15-27-53(44)56(54)37-20-8-3-9-21-37/h1-34H. The first-order valence-corrected chi connectivity index (χ1v) is 19.4. The molecular formula is C54H34N2. The fourth-order valence-corrected chi connectivity index (χ4v) is 9.44. The molecule has 0 saturated carbocycles. The van der Waals surface area contributed by atoms with Gasteiger partial charge in [0.05, 0.1) is 11.0 Å². The molecule has 1 aromatic heterocycles. The van der Waals surface area contributed by atoms with Crippen molar-refractivity contribution in [1.82, 2.24) is 4.57 Å². The zero-order chi connectivity index (χ0) is 36.7. The average molecular weight is 711 g/mol. The van der Waals surface area contributed by atoms with Gasteiger partial charge in [-0.1, -0.05) is 127 Å². The first-order valence-electron chi connectivity index (χ1n) is 19.4. The topological polar surface area (TPSA) is 8.17 Å². The summed E-state index contributed by atoms with van der Waals surface area (Å²) in [6, 6.07) is 75.7. The van der Waals surface area contributed by atoms with E-state index in [9.17, 15) is 0 Å². The largest absolute Gasteiger partial charge is 0.310 e. The molecule has 0 unspecified atom stereocenters. The molecule has 0 radical (unpaired) electrons. The molecule has 0 N–H and O–H groups in total. The van der Waals surface area contributed by atoms with Crippen molar-refractivity contribution in [1.29, 1.82) is 0 Å². The van der Waals surface area contributed by atoms with Crippen LogP contribution in [0.15, 0.2) is 206 Å². The van der Waals surface area contributed by atoms with Gasteiger partial charge in [-0.05, 0) is 143 Å². The van der Waals surface area contributed by atoms with Crippen LogP contribution in [0.25, 0.3) is 92.1 Å². The molecule has 0 atom stereocenters. The molecule has 0 aliphatic heterocycles. The van der Waals surface area contributed by atoms with Crippen LogP contribution in [0, 0.1) is 0 Å². The minimum absolute atomic E-state index is 1.13. The molecule has 0 bridgehead atoms. The van der Waals surface area contributed by atoms with Gasteiger partial charge < -0.3 is 9.47 Å². The zero-order valence-electron chi connectivity index (χ0n) is 30.5. The van der Waals surface area contributed by atoms with Crippen LogP contribution < -0.4 is 4.90 Å². The number of rotatable bonds is 4. The first kappa shape index (κ1) is 31.0. The van der Waals surface area contributed by atoms with Crippen molar-refractivity contribution < 1.29 is 0 Å². The molecule has 2 heteroatoms. The van der Waals surface area contributed by atoms with Crippen molar-refractivity contribution in [2.75, 3.05) is 4.90 Å². The highest BCUT2D eigenvalue weighted by Gasteiger charge is 2.19. The second kappa shape index (κ2) is 12.0. The Balaban J connectivity index is 1.19. The molecule has 11 aromatic carbocycles. The maximum absolute atomic E-state index is 2.48. The number of nitrogens with zero attached hydrogens (tertiary/aromatic N) is 2. The van der Waals surface area contributed by atoms with Gasteiger partial charge in [-0.15, -0.1) is 0 Å². The lowest BCUT2D eigenvalue weighted by Crippen LogP contribution is -2.09. The Morgan fingerprint density at radius 2 is 0.625 bits per heavy atom. The Morgan fingerprint density at radius 1 is 0.232 bits per heavy atom. The molecule has 260 valence electrons. The second-order valence-corrected chi connectivity index (χ2v) is 14.9. The van der Waals surface area contributed by atoms with E-state index in [0.29, 0.717) is 0 Å². The number of para-hydroxylation sites is 4. The number of aromatic nitrogens is 1. The van der Waals surface area contributed by atoms with Crippen LogP contribution in [0.1, 0.15) is 0 Å². The smallest absolute Gasteiger partial charge is 0.0547 e. The Labute approximate surface area is 323 Å². The number of hydrogen-bond donors (Lipinski definition) is 0. The van der Waals surface area contributed by atoms with Crippen LogP contribution >= 0.6 is 0 Å². The fourth-order valence-electron chi connectivity index (χ4n) is 9.44. The first-order chi connectivity index (χ1) is 27.8. The van der Waals surface area contributed by atoms with E-state index in [1.165, 1.54) is 92.1 Å². The van der Waals surface area contributed by atoms with E-state index in [1.54, 1.807) is 0 Å². The van der Waals surface area contributed by atoms with Gasteiger partial charge in [-0.3, -0.25) is 0 Å². The summed E-state index contributed by atoms with van der Waals surface area (Å²) >= 11 is 0. The van der Waals surface area contributed by atoms with E-state index in [2.05, 4.69) is 216 Å². The van der Waals surface area contributed by atoms with Crippen molar-refractivity contribution >= 4 is 104 Å². The summed E-state index contributed by atoms with van der Waals surface area (Å²) in [6.07, 6.45) is 0. The van der Waals surface area contributed by atoms with Crippen LogP contribution in [0.5, 0.6) is 0 Å². The summed E-state index contributed by atoms with van der Waals surface area (Å²) in [4.78, 5) is 2.36. The lowest BCUT2D eigenvalue weighted by Gasteiger charge is -2.26. The Bertz CT molecular complexity index is 3470. The van der Waals surface area contributed by atoms with Crippen molar-refractivity contribution in [2.45, 2.75) is 0 Å². The SMILES string of the molecule is c1ccc(N(c2ccccc2)c2ccc3c(c2)c2ccccc2c2cc4c(cc32)c2ccccc2c2cc3c(cc42)c2ccccc2n3-c2ccccc2)cc1. The maximum atomic E-state index is 2.48. The number of fused-ring (bicyclic) bond motifs is 15. The molecule has 2 nitrogen and oxygen atoms in total. The number of anilines is 3. The Morgan fingerprint density at radius 3 is 1.18 bits per heavy atom. The Hall–Kier alpha value is -7.42. The third-order valence-corrected chi connectivity index (χ3v) is 11.9. The van der Waals surface area contributed by atoms with E-state index in [-0.39, 0.29) is 0 Å². The van der Waals surface area contributed by atoms with E-state index in [0.717, 1.165) is 17.1 Å². The van der Waals surface area contributed by atoms with E-state index >= 15 is 0 Å². The second-order valence-electron chi connectivity index (χ2n) is 14.9. The van der Waals surface area contributed by atoms with Gasteiger partial charge in [0, 0.05) is 33.5 Å². The summed E-state index contributed by atoms with van der Waals surface area (Å²) in [5.41, 5.74) is 7.02. The molecule has 1 heterocycles. The quantitative estimate of drug-likeness (QED) is 0.130. The lowest BCUT2D eigenvalue weighted by atomic mass is 9.88. The summed E-state index contributed by atoms with van der Waals surface area (Å²) in [5, 5.41) is 17.8. The minimum atomic E-state index is 1.13. The molecule has 0 fully saturated rings. The van der Waals surface area contributed by atoms with Gasteiger partial charge >= 0.3 is 0 Å². The molecule has 0 saturated heterocycles. The van der Waals surface area contributed by atoms with Crippen molar-refractivity contribution in [3.8, 4) is 5.69 Å². The minimum Gasteiger partial charge on any atom is -0.310 e. The highest BCUT2D eigenvalue weighted by Crippen LogP contribution is 2.46. The summed E-state index contributed by atoms with van der Waals surface area (Å²) in [5.74, 6) is 0. The summed E-state index contributed by atoms with van der Waals surface area (Å²) in [6.45, 7) is 0. The maximum Gasteiger partial charge on any atom is 0.0547 e. The molecule has 0 aliphatic rings. The molecule has 0 amide bonds. The van der Waals surface area contributed by atoms with Gasteiger partial charge in [-0.25, -0.2) is 0 Å². The molecule has 12 rings (SSSR count). The van der Waals surface area contributed by atoms with Gasteiger partial charge in [-0.2, -0.15) is 0 Å². The molecular weight excluding hydrogens is 677 g/mol. The van der Waals surface area contributed by atoms with E-state index in [1.807, 2.05) is 0 Å².